The lowest BCUT2D eigenvalue weighted by Crippen LogP contribution is -2.11. The van der Waals surface area contributed by atoms with E-state index in [0.29, 0.717) is 5.75 Å². The van der Waals surface area contributed by atoms with Crippen LogP contribution in [0.3, 0.4) is 0 Å². The number of carbonyl (C=O) groups excluding carboxylic acids is 1. The van der Waals surface area contributed by atoms with Gasteiger partial charge in [-0.05, 0) is 48.5 Å². The third kappa shape index (κ3) is 3.34. The van der Waals surface area contributed by atoms with Crippen molar-refractivity contribution in [3.63, 3.8) is 0 Å². The van der Waals surface area contributed by atoms with Crippen LogP contribution in [0.15, 0.2) is 91.7 Å². The molecule has 4 aromatic rings. The summed E-state index contributed by atoms with van der Waals surface area (Å²) in [6, 6.07) is 17.2. The van der Waals surface area contributed by atoms with Crippen LogP contribution in [0.4, 0.5) is 0 Å². The Bertz CT molecular complexity index is 1240. The first kappa shape index (κ1) is 18.7. The van der Waals surface area contributed by atoms with E-state index in [2.05, 4.69) is 5.16 Å². The Morgan fingerprint density at radius 2 is 1.69 bits per heavy atom. The van der Waals surface area contributed by atoms with E-state index in [1.54, 1.807) is 36.4 Å². The molecule has 0 amide bonds. The van der Waals surface area contributed by atoms with Gasteiger partial charge < -0.3 is 13.7 Å². The summed E-state index contributed by atoms with van der Waals surface area (Å²) in [5.41, 5.74) is -0.0694. The van der Waals surface area contributed by atoms with Crippen molar-refractivity contribution in [2.45, 2.75) is 9.79 Å². The maximum absolute atomic E-state index is 13.4. The number of rotatable bonds is 6. The second-order valence-corrected chi connectivity index (χ2v) is 7.93. The Hall–Kier alpha value is -3.65. The summed E-state index contributed by atoms with van der Waals surface area (Å²) in [5, 5.41) is 3.79. The molecule has 29 heavy (non-hydrogen) atoms. The Morgan fingerprint density at radius 1 is 0.966 bits per heavy atom. The predicted molar refractivity (Wildman–Crippen MR) is 103 cm³/mol. The summed E-state index contributed by atoms with van der Waals surface area (Å²) < 4.78 is 42.4. The van der Waals surface area contributed by atoms with Gasteiger partial charge in [-0.2, -0.15) is 0 Å². The SMILES string of the molecule is COc1ccc(C(=O)c2noc(-c3ccco3)c2S(=O)(=O)c2ccccc2)cc1. The maximum Gasteiger partial charge on any atom is 0.221 e. The number of hydrogen-bond acceptors (Lipinski definition) is 7. The topological polar surface area (TPSA) is 99.6 Å². The normalized spacial score (nSPS) is 11.3. The van der Waals surface area contributed by atoms with E-state index in [1.165, 1.54) is 43.7 Å². The summed E-state index contributed by atoms with van der Waals surface area (Å²) >= 11 is 0. The molecule has 2 aromatic heterocycles. The largest absolute Gasteiger partial charge is 0.497 e. The molecule has 0 saturated heterocycles. The number of carbonyl (C=O) groups is 1. The Kier molecular flexibility index (Phi) is 4.77. The van der Waals surface area contributed by atoms with Crippen LogP contribution in [-0.4, -0.2) is 26.5 Å². The van der Waals surface area contributed by atoms with Gasteiger partial charge in [0.15, 0.2) is 16.3 Å². The molecule has 0 aliphatic rings. The third-order valence-electron chi connectivity index (χ3n) is 4.28. The van der Waals surface area contributed by atoms with E-state index in [9.17, 15) is 13.2 Å². The highest BCUT2D eigenvalue weighted by atomic mass is 32.2. The summed E-state index contributed by atoms with van der Waals surface area (Å²) in [6.07, 6.45) is 1.38. The van der Waals surface area contributed by atoms with E-state index >= 15 is 0 Å². The lowest BCUT2D eigenvalue weighted by molar-refractivity contribution is 0.102. The van der Waals surface area contributed by atoms with Crippen molar-refractivity contribution in [2.24, 2.45) is 0 Å². The third-order valence-corrected chi connectivity index (χ3v) is 6.09. The molecule has 7 nitrogen and oxygen atoms in total. The maximum atomic E-state index is 13.4. The summed E-state index contributed by atoms with van der Waals surface area (Å²) in [6.45, 7) is 0. The van der Waals surface area contributed by atoms with Gasteiger partial charge >= 0.3 is 0 Å². The molecule has 0 aliphatic heterocycles. The van der Waals surface area contributed by atoms with Crippen LogP contribution in [0.25, 0.3) is 11.5 Å². The molecule has 0 saturated carbocycles. The van der Waals surface area contributed by atoms with Crippen LogP contribution >= 0.6 is 0 Å². The highest BCUT2D eigenvalue weighted by Gasteiger charge is 2.35. The van der Waals surface area contributed by atoms with Crippen molar-refractivity contribution in [3.8, 4) is 17.3 Å². The van der Waals surface area contributed by atoms with Crippen molar-refractivity contribution in [1.82, 2.24) is 5.16 Å². The average Bonchev–Trinajstić information content (AvgIpc) is 3.44. The van der Waals surface area contributed by atoms with Gasteiger partial charge in [-0.3, -0.25) is 4.79 Å². The zero-order chi connectivity index (χ0) is 20.4. The fourth-order valence-electron chi connectivity index (χ4n) is 2.84. The van der Waals surface area contributed by atoms with Gasteiger partial charge in [0.25, 0.3) is 0 Å². The molecule has 0 fully saturated rings. The molecule has 0 unspecified atom stereocenters. The molecule has 0 bridgehead atoms. The summed E-state index contributed by atoms with van der Waals surface area (Å²) in [5.74, 6) is -0.00433. The van der Waals surface area contributed by atoms with E-state index in [1.807, 2.05) is 0 Å². The van der Waals surface area contributed by atoms with Crippen molar-refractivity contribution in [2.75, 3.05) is 7.11 Å². The smallest absolute Gasteiger partial charge is 0.221 e. The quantitative estimate of drug-likeness (QED) is 0.444. The monoisotopic (exact) mass is 409 g/mol. The number of furan rings is 1. The fraction of sp³-hybridized carbons (Fsp3) is 0.0476. The Labute approximate surface area is 166 Å². The Morgan fingerprint density at radius 3 is 2.31 bits per heavy atom. The van der Waals surface area contributed by atoms with Crippen molar-refractivity contribution in [1.29, 1.82) is 0 Å². The molecular weight excluding hydrogens is 394 g/mol. The number of aromatic nitrogens is 1. The van der Waals surface area contributed by atoms with Crippen LogP contribution in [0, 0.1) is 0 Å². The molecule has 0 radical (unpaired) electrons. The minimum atomic E-state index is -4.11. The fourth-order valence-corrected chi connectivity index (χ4v) is 4.35. The summed E-state index contributed by atoms with van der Waals surface area (Å²) in [7, 11) is -2.60. The van der Waals surface area contributed by atoms with Gasteiger partial charge in [0.05, 0.1) is 18.3 Å². The van der Waals surface area contributed by atoms with Crippen molar-refractivity contribution >= 4 is 15.6 Å². The van der Waals surface area contributed by atoms with Gasteiger partial charge in [-0.1, -0.05) is 23.4 Å². The zero-order valence-corrected chi connectivity index (χ0v) is 16.0. The number of hydrogen-bond donors (Lipinski definition) is 0. The molecule has 146 valence electrons. The average molecular weight is 409 g/mol. The first-order valence-electron chi connectivity index (χ1n) is 8.55. The van der Waals surface area contributed by atoms with Crippen LogP contribution in [0.1, 0.15) is 16.1 Å². The molecule has 2 heterocycles. The van der Waals surface area contributed by atoms with Gasteiger partial charge in [-0.15, -0.1) is 0 Å². The molecular formula is C21H15NO6S. The van der Waals surface area contributed by atoms with Crippen LogP contribution in [0.2, 0.25) is 0 Å². The standard InChI is InChI=1S/C21H15NO6S/c1-26-15-11-9-14(10-12-15)19(23)18-21(20(28-22-18)17-8-5-13-27-17)29(24,25)16-6-3-2-4-7-16/h2-13H,1H3. The number of benzene rings is 2. The Balaban J connectivity index is 1.90. The zero-order valence-electron chi connectivity index (χ0n) is 15.2. The van der Waals surface area contributed by atoms with Gasteiger partial charge in [-0.25, -0.2) is 8.42 Å². The minimum Gasteiger partial charge on any atom is -0.497 e. The highest BCUT2D eigenvalue weighted by Crippen LogP contribution is 2.35. The van der Waals surface area contributed by atoms with E-state index < -0.39 is 15.6 Å². The van der Waals surface area contributed by atoms with E-state index in [-0.39, 0.29) is 32.6 Å². The lowest BCUT2D eigenvalue weighted by atomic mass is 10.1. The molecule has 0 atom stereocenters. The second-order valence-electron chi connectivity index (χ2n) is 6.04. The van der Waals surface area contributed by atoms with Crippen molar-refractivity contribution in [3.05, 3.63) is 84.3 Å². The lowest BCUT2D eigenvalue weighted by Gasteiger charge is -2.06. The number of sulfone groups is 1. The number of ether oxygens (including phenoxy) is 1. The van der Waals surface area contributed by atoms with Crippen LogP contribution in [0.5, 0.6) is 5.75 Å². The van der Waals surface area contributed by atoms with Crippen LogP contribution in [-0.2, 0) is 9.84 Å². The van der Waals surface area contributed by atoms with Crippen molar-refractivity contribution < 1.29 is 26.9 Å². The number of methoxy groups -OCH3 is 1. The molecule has 4 rings (SSSR count). The minimum absolute atomic E-state index is 0.0137. The predicted octanol–water partition coefficient (Wildman–Crippen LogP) is 4.01. The first-order chi connectivity index (χ1) is 14.0. The molecule has 0 N–H and O–H groups in total. The molecule has 0 spiro atoms. The molecule has 2 aromatic carbocycles. The van der Waals surface area contributed by atoms with Gasteiger partial charge in [0.1, 0.15) is 5.75 Å². The van der Waals surface area contributed by atoms with Gasteiger partial charge in [0, 0.05) is 5.56 Å². The van der Waals surface area contributed by atoms with Crippen LogP contribution < -0.4 is 4.74 Å². The summed E-state index contributed by atoms with van der Waals surface area (Å²) in [4.78, 5) is 12.7. The molecule has 8 heteroatoms. The number of ketones is 1. The highest BCUT2D eigenvalue weighted by molar-refractivity contribution is 7.91. The first-order valence-corrected chi connectivity index (χ1v) is 10.0. The van der Waals surface area contributed by atoms with E-state index in [0.717, 1.165) is 0 Å². The number of nitrogens with zero attached hydrogens (tertiary/aromatic N) is 1. The van der Waals surface area contributed by atoms with E-state index in [4.69, 9.17) is 13.7 Å². The molecule has 0 aliphatic carbocycles. The second kappa shape index (κ2) is 7.40. The van der Waals surface area contributed by atoms with Gasteiger partial charge in [0.2, 0.25) is 21.4 Å².